The Hall–Kier alpha value is -1.51. The lowest BCUT2D eigenvalue weighted by molar-refractivity contribution is 0.0948. The van der Waals surface area contributed by atoms with E-state index < -0.39 is 9.05 Å². The van der Waals surface area contributed by atoms with Crippen LogP contribution in [0.5, 0.6) is 0 Å². The molecule has 0 spiro atoms. The summed E-state index contributed by atoms with van der Waals surface area (Å²) in [6, 6.07) is 6.36. The topological polar surface area (TPSA) is 89.0 Å². The van der Waals surface area contributed by atoms with Gasteiger partial charge in [-0.05, 0) is 42.1 Å². The van der Waals surface area contributed by atoms with Crippen molar-refractivity contribution in [3.63, 3.8) is 0 Å². The SMILES string of the molecule is O=C(NCCCc1ccc(S(=O)(=O)Cl)cc1)c1csnn1. The summed E-state index contributed by atoms with van der Waals surface area (Å²) in [5.74, 6) is -0.243. The molecule has 0 fully saturated rings. The fourth-order valence-corrected chi connectivity index (χ4v) is 2.87. The maximum atomic E-state index is 11.6. The molecule has 0 atom stereocenters. The Morgan fingerprint density at radius 3 is 2.57 bits per heavy atom. The number of benzene rings is 1. The van der Waals surface area contributed by atoms with Gasteiger partial charge >= 0.3 is 0 Å². The number of nitrogens with zero attached hydrogens (tertiary/aromatic N) is 2. The van der Waals surface area contributed by atoms with Crippen LogP contribution in [0.2, 0.25) is 0 Å². The summed E-state index contributed by atoms with van der Waals surface area (Å²) in [4.78, 5) is 11.7. The molecule has 0 aliphatic carbocycles. The van der Waals surface area contributed by atoms with Crippen LogP contribution in [0, 0.1) is 0 Å². The van der Waals surface area contributed by atoms with E-state index >= 15 is 0 Å². The Bertz CT molecular complexity index is 700. The molecule has 0 saturated heterocycles. The van der Waals surface area contributed by atoms with Gasteiger partial charge in [0.2, 0.25) is 0 Å². The molecule has 6 nitrogen and oxygen atoms in total. The molecule has 1 aromatic carbocycles. The first kappa shape index (κ1) is 15.9. The van der Waals surface area contributed by atoms with Gasteiger partial charge in [0.05, 0.1) is 4.90 Å². The third-order valence-electron chi connectivity index (χ3n) is 2.73. The van der Waals surface area contributed by atoms with E-state index in [1.807, 2.05) is 0 Å². The van der Waals surface area contributed by atoms with E-state index in [4.69, 9.17) is 10.7 Å². The van der Waals surface area contributed by atoms with E-state index in [9.17, 15) is 13.2 Å². The smallest absolute Gasteiger partial charge is 0.272 e. The number of carbonyl (C=O) groups excluding carboxylic acids is 1. The molecule has 0 aliphatic heterocycles. The molecule has 2 aromatic rings. The first-order valence-electron chi connectivity index (χ1n) is 6.05. The van der Waals surface area contributed by atoms with Crippen LogP contribution in [0.3, 0.4) is 0 Å². The minimum Gasteiger partial charge on any atom is -0.351 e. The maximum absolute atomic E-state index is 11.6. The normalized spacial score (nSPS) is 11.3. The van der Waals surface area contributed by atoms with Crippen LogP contribution in [0.25, 0.3) is 0 Å². The van der Waals surface area contributed by atoms with E-state index in [2.05, 4.69) is 14.9 Å². The van der Waals surface area contributed by atoms with Crippen molar-refractivity contribution in [2.75, 3.05) is 6.54 Å². The highest BCUT2D eigenvalue weighted by Crippen LogP contribution is 2.15. The molecule has 1 heterocycles. The van der Waals surface area contributed by atoms with Gasteiger partial charge in [-0.2, -0.15) is 0 Å². The van der Waals surface area contributed by atoms with Crippen LogP contribution in [0.4, 0.5) is 0 Å². The minimum atomic E-state index is -3.68. The fourth-order valence-electron chi connectivity index (χ4n) is 1.67. The lowest BCUT2D eigenvalue weighted by Gasteiger charge is -2.04. The summed E-state index contributed by atoms with van der Waals surface area (Å²) in [7, 11) is 1.56. The highest BCUT2D eigenvalue weighted by Gasteiger charge is 2.09. The first-order chi connectivity index (χ1) is 9.97. The summed E-state index contributed by atoms with van der Waals surface area (Å²) in [5.41, 5.74) is 1.29. The number of aromatic nitrogens is 2. The van der Waals surface area contributed by atoms with E-state index in [1.54, 1.807) is 17.5 Å². The zero-order valence-corrected chi connectivity index (χ0v) is 13.2. The number of carbonyl (C=O) groups is 1. The Kier molecular flexibility index (Phi) is 5.27. The number of hydrogen-bond acceptors (Lipinski definition) is 6. The van der Waals surface area contributed by atoms with Crippen LogP contribution >= 0.6 is 22.2 Å². The monoisotopic (exact) mass is 345 g/mol. The van der Waals surface area contributed by atoms with E-state index in [-0.39, 0.29) is 10.8 Å². The molecule has 1 aromatic heterocycles. The highest BCUT2D eigenvalue weighted by atomic mass is 35.7. The molecule has 0 unspecified atom stereocenters. The van der Waals surface area contributed by atoms with Gasteiger partial charge in [0.25, 0.3) is 15.0 Å². The second-order valence-electron chi connectivity index (χ2n) is 4.23. The van der Waals surface area contributed by atoms with Crippen LogP contribution in [-0.4, -0.2) is 30.5 Å². The Balaban J connectivity index is 1.78. The molecule has 0 aliphatic rings. The van der Waals surface area contributed by atoms with Crippen LogP contribution in [0.1, 0.15) is 22.5 Å². The number of hydrogen-bond donors (Lipinski definition) is 1. The lowest BCUT2D eigenvalue weighted by Crippen LogP contribution is -2.25. The van der Waals surface area contributed by atoms with Crippen LogP contribution in [-0.2, 0) is 15.5 Å². The molecular weight excluding hydrogens is 334 g/mol. The van der Waals surface area contributed by atoms with Crippen LogP contribution in [0.15, 0.2) is 34.5 Å². The Labute approximate surface area is 130 Å². The third-order valence-corrected chi connectivity index (χ3v) is 4.60. The van der Waals surface area contributed by atoms with Gasteiger partial charge in [0, 0.05) is 22.6 Å². The maximum Gasteiger partial charge on any atom is 0.272 e. The first-order valence-corrected chi connectivity index (χ1v) is 9.20. The van der Waals surface area contributed by atoms with Gasteiger partial charge in [-0.1, -0.05) is 16.6 Å². The third kappa shape index (κ3) is 4.76. The average molecular weight is 346 g/mol. The Morgan fingerprint density at radius 2 is 2.00 bits per heavy atom. The molecule has 0 saturated carbocycles. The van der Waals surface area contributed by atoms with Crippen molar-refractivity contribution in [3.05, 3.63) is 40.9 Å². The summed E-state index contributed by atoms with van der Waals surface area (Å²) >= 11 is 1.13. The lowest BCUT2D eigenvalue weighted by atomic mass is 10.1. The minimum absolute atomic E-state index is 0.0808. The Morgan fingerprint density at radius 1 is 1.29 bits per heavy atom. The summed E-state index contributed by atoms with van der Waals surface area (Å²) < 4.78 is 25.8. The average Bonchev–Trinajstić information content (AvgIpc) is 2.97. The van der Waals surface area contributed by atoms with E-state index in [1.165, 1.54) is 12.1 Å². The van der Waals surface area contributed by atoms with E-state index in [0.717, 1.165) is 29.9 Å². The predicted molar refractivity (Wildman–Crippen MR) is 80.0 cm³/mol. The number of aryl methyl sites for hydroxylation is 1. The van der Waals surface area contributed by atoms with E-state index in [0.29, 0.717) is 12.2 Å². The van der Waals surface area contributed by atoms with Gasteiger partial charge in [-0.15, -0.1) is 5.10 Å². The van der Waals surface area contributed by atoms with Crippen molar-refractivity contribution < 1.29 is 13.2 Å². The van der Waals surface area contributed by atoms with Gasteiger partial charge in [0.1, 0.15) is 0 Å². The predicted octanol–water partition coefficient (Wildman–Crippen LogP) is 1.83. The molecule has 2 rings (SSSR count). The van der Waals surface area contributed by atoms with Crippen molar-refractivity contribution in [1.29, 1.82) is 0 Å². The molecule has 0 radical (unpaired) electrons. The molecule has 1 N–H and O–H groups in total. The fraction of sp³-hybridized carbons (Fsp3) is 0.250. The molecular formula is C12H12ClN3O3S2. The van der Waals surface area contributed by atoms with Gasteiger partial charge in [-0.25, -0.2) is 8.42 Å². The number of halogens is 1. The molecule has 9 heteroatoms. The molecule has 112 valence electrons. The van der Waals surface area contributed by atoms with Crippen molar-refractivity contribution in [2.45, 2.75) is 17.7 Å². The number of rotatable bonds is 6. The quantitative estimate of drug-likeness (QED) is 0.637. The summed E-state index contributed by atoms with van der Waals surface area (Å²) in [5, 5.41) is 8.00. The zero-order chi connectivity index (χ0) is 15.3. The van der Waals surface area contributed by atoms with Gasteiger partial charge < -0.3 is 5.32 Å². The molecule has 0 bridgehead atoms. The van der Waals surface area contributed by atoms with Crippen LogP contribution < -0.4 is 5.32 Å². The second-order valence-corrected chi connectivity index (χ2v) is 7.41. The largest absolute Gasteiger partial charge is 0.351 e. The molecule has 1 amide bonds. The molecule has 21 heavy (non-hydrogen) atoms. The van der Waals surface area contributed by atoms with Crippen molar-refractivity contribution in [2.24, 2.45) is 0 Å². The summed E-state index contributed by atoms with van der Waals surface area (Å²) in [6.45, 7) is 0.506. The van der Waals surface area contributed by atoms with Crippen molar-refractivity contribution in [1.82, 2.24) is 14.9 Å². The summed E-state index contributed by atoms with van der Waals surface area (Å²) in [6.07, 6.45) is 1.45. The number of amides is 1. The number of nitrogens with one attached hydrogen (secondary N) is 1. The second kappa shape index (κ2) is 6.97. The van der Waals surface area contributed by atoms with Crippen molar-refractivity contribution in [3.8, 4) is 0 Å². The van der Waals surface area contributed by atoms with Gasteiger partial charge in [-0.3, -0.25) is 4.79 Å². The standard InChI is InChI=1S/C12H12ClN3O3S2/c13-21(18,19)10-5-3-9(4-6-10)2-1-7-14-12(17)11-8-20-16-15-11/h3-6,8H,1-2,7H2,(H,14,17). The van der Waals surface area contributed by atoms with Crippen molar-refractivity contribution >= 4 is 37.2 Å². The highest BCUT2D eigenvalue weighted by molar-refractivity contribution is 8.13. The zero-order valence-electron chi connectivity index (χ0n) is 10.8. The van der Waals surface area contributed by atoms with Gasteiger partial charge in [0.15, 0.2) is 5.69 Å².